The molecule has 0 aliphatic heterocycles. The Morgan fingerprint density at radius 1 is 0.880 bits per heavy atom. The molecule has 1 saturated carbocycles. The SMILES string of the molecule is COC(=O)c1ccc(-c2ccc(-c3cncc(C4CC4)c3)cc2)cc1. The van der Waals surface area contributed by atoms with Crippen LogP contribution in [0.3, 0.4) is 0 Å². The summed E-state index contributed by atoms with van der Waals surface area (Å²) in [5.74, 6) is 0.394. The van der Waals surface area contributed by atoms with Crippen LogP contribution in [0.2, 0.25) is 0 Å². The Morgan fingerprint density at radius 3 is 2.00 bits per heavy atom. The molecule has 3 aromatic rings. The zero-order valence-electron chi connectivity index (χ0n) is 14.1. The summed E-state index contributed by atoms with van der Waals surface area (Å²) in [5.41, 5.74) is 6.43. The van der Waals surface area contributed by atoms with Gasteiger partial charge in [-0.2, -0.15) is 0 Å². The molecule has 3 nitrogen and oxygen atoms in total. The lowest BCUT2D eigenvalue weighted by Gasteiger charge is -2.07. The molecule has 0 N–H and O–H groups in total. The first-order chi connectivity index (χ1) is 12.2. The van der Waals surface area contributed by atoms with E-state index in [1.165, 1.54) is 31.1 Å². The lowest BCUT2D eigenvalue weighted by molar-refractivity contribution is 0.0601. The second-order valence-electron chi connectivity index (χ2n) is 6.43. The van der Waals surface area contributed by atoms with Crippen molar-refractivity contribution >= 4 is 5.97 Å². The number of carbonyl (C=O) groups is 1. The number of benzene rings is 2. The van der Waals surface area contributed by atoms with Crippen molar-refractivity contribution in [2.45, 2.75) is 18.8 Å². The van der Waals surface area contributed by atoms with Gasteiger partial charge in [0.25, 0.3) is 0 Å². The van der Waals surface area contributed by atoms with Crippen molar-refractivity contribution in [2.75, 3.05) is 7.11 Å². The third-order valence-corrected chi connectivity index (χ3v) is 4.67. The molecule has 0 spiro atoms. The molecule has 1 aliphatic carbocycles. The highest BCUT2D eigenvalue weighted by Gasteiger charge is 2.23. The first kappa shape index (κ1) is 15.6. The lowest BCUT2D eigenvalue weighted by Crippen LogP contribution is -2.00. The monoisotopic (exact) mass is 329 g/mol. The number of rotatable bonds is 4. The van der Waals surface area contributed by atoms with E-state index in [0.29, 0.717) is 11.5 Å². The summed E-state index contributed by atoms with van der Waals surface area (Å²) in [6, 6.07) is 18.2. The van der Waals surface area contributed by atoms with Gasteiger partial charge >= 0.3 is 5.97 Å². The molecular formula is C22H19NO2. The Balaban J connectivity index is 1.57. The first-order valence-corrected chi connectivity index (χ1v) is 8.49. The van der Waals surface area contributed by atoms with Crippen LogP contribution in [-0.4, -0.2) is 18.1 Å². The number of aromatic nitrogens is 1. The summed E-state index contributed by atoms with van der Waals surface area (Å²) in [7, 11) is 1.39. The molecule has 1 heterocycles. The average Bonchev–Trinajstić information content (AvgIpc) is 3.53. The van der Waals surface area contributed by atoms with E-state index in [2.05, 4.69) is 35.3 Å². The zero-order valence-corrected chi connectivity index (χ0v) is 14.1. The maximum Gasteiger partial charge on any atom is 0.337 e. The summed E-state index contributed by atoms with van der Waals surface area (Å²) in [6.07, 6.45) is 6.47. The van der Waals surface area contributed by atoms with Gasteiger partial charge in [-0.3, -0.25) is 4.98 Å². The van der Waals surface area contributed by atoms with E-state index in [4.69, 9.17) is 4.74 Å². The molecule has 4 rings (SSSR count). The molecule has 0 atom stereocenters. The quantitative estimate of drug-likeness (QED) is 0.627. The molecule has 124 valence electrons. The van der Waals surface area contributed by atoms with Crippen molar-refractivity contribution < 1.29 is 9.53 Å². The predicted molar refractivity (Wildman–Crippen MR) is 98.4 cm³/mol. The normalized spacial score (nSPS) is 13.5. The van der Waals surface area contributed by atoms with Crippen LogP contribution in [0.15, 0.2) is 67.0 Å². The highest BCUT2D eigenvalue weighted by atomic mass is 16.5. The molecule has 0 amide bonds. The topological polar surface area (TPSA) is 39.2 Å². The van der Waals surface area contributed by atoms with E-state index in [0.717, 1.165) is 16.7 Å². The number of hydrogen-bond acceptors (Lipinski definition) is 3. The minimum atomic E-state index is -0.315. The van der Waals surface area contributed by atoms with Gasteiger partial charge in [0.05, 0.1) is 12.7 Å². The van der Waals surface area contributed by atoms with E-state index in [9.17, 15) is 4.79 Å². The van der Waals surface area contributed by atoms with Crippen molar-refractivity contribution in [3.63, 3.8) is 0 Å². The Labute approximate surface area is 147 Å². The van der Waals surface area contributed by atoms with Gasteiger partial charge in [0.1, 0.15) is 0 Å². The van der Waals surface area contributed by atoms with Gasteiger partial charge in [0.15, 0.2) is 0 Å². The van der Waals surface area contributed by atoms with Gasteiger partial charge in [-0.05, 0) is 59.2 Å². The smallest absolute Gasteiger partial charge is 0.337 e. The fourth-order valence-electron chi connectivity index (χ4n) is 3.03. The molecule has 0 radical (unpaired) electrons. The van der Waals surface area contributed by atoms with Crippen LogP contribution < -0.4 is 0 Å². The summed E-state index contributed by atoms with van der Waals surface area (Å²) in [5, 5.41) is 0. The second-order valence-corrected chi connectivity index (χ2v) is 6.43. The Hall–Kier alpha value is -2.94. The van der Waals surface area contributed by atoms with Crippen LogP contribution in [0.1, 0.15) is 34.7 Å². The second kappa shape index (κ2) is 6.52. The largest absolute Gasteiger partial charge is 0.465 e. The van der Waals surface area contributed by atoms with Crippen molar-refractivity contribution in [1.29, 1.82) is 0 Å². The molecule has 1 aliphatic rings. The van der Waals surface area contributed by atoms with Crippen LogP contribution in [0, 0.1) is 0 Å². The Kier molecular flexibility index (Phi) is 4.06. The molecule has 1 aromatic heterocycles. The number of esters is 1. The minimum Gasteiger partial charge on any atom is -0.465 e. The third kappa shape index (κ3) is 3.31. The minimum absolute atomic E-state index is 0.315. The fraction of sp³-hybridized carbons (Fsp3) is 0.182. The zero-order chi connectivity index (χ0) is 17.2. The van der Waals surface area contributed by atoms with E-state index < -0.39 is 0 Å². The van der Waals surface area contributed by atoms with Crippen molar-refractivity contribution in [1.82, 2.24) is 4.98 Å². The van der Waals surface area contributed by atoms with E-state index in [1.54, 1.807) is 12.1 Å². The summed E-state index contributed by atoms with van der Waals surface area (Å²) in [6.45, 7) is 0. The molecule has 2 aromatic carbocycles. The highest BCUT2D eigenvalue weighted by Crippen LogP contribution is 2.40. The Morgan fingerprint density at radius 2 is 1.44 bits per heavy atom. The standard InChI is InChI=1S/C22H19NO2/c1-25-22(24)19-10-8-16(9-11-19)15-2-4-17(5-3-15)20-12-21(14-23-13-20)18-6-7-18/h2-5,8-14,18H,6-7H2,1H3. The van der Waals surface area contributed by atoms with Gasteiger partial charge in [0.2, 0.25) is 0 Å². The van der Waals surface area contributed by atoms with E-state index in [-0.39, 0.29) is 5.97 Å². The number of methoxy groups -OCH3 is 1. The number of pyridine rings is 1. The summed E-state index contributed by atoms with van der Waals surface area (Å²) < 4.78 is 4.73. The molecule has 1 fully saturated rings. The van der Waals surface area contributed by atoms with Gasteiger partial charge < -0.3 is 4.74 Å². The van der Waals surface area contributed by atoms with Crippen LogP contribution in [0.4, 0.5) is 0 Å². The van der Waals surface area contributed by atoms with E-state index >= 15 is 0 Å². The fourth-order valence-corrected chi connectivity index (χ4v) is 3.03. The number of hydrogen-bond donors (Lipinski definition) is 0. The maximum atomic E-state index is 11.5. The van der Waals surface area contributed by atoms with Gasteiger partial charge in [0, 0.05) is 18.0 Å². The number of nitrogens with zero attached hydrogens (tertiary/aromatic N) is 1. The van der Waals surface area contributed by atoms with Gasteiger partial charge in [-0.25, -0.2) is 4.79 Å². The highest BCUT2D eigenvalue weighted by molar-refractivity contribution is 5.90. The molecule has 0 unspecified atom stereocenters. The predicted octanol–water partition coefficient (Wildman–Crippen LogP) is 5.08. The first-order valence-electron chi connectivity index (χ1n) is 8.49. The van der Waals surface area contributed by atoms with Crippen LogP contribution in [0.25, 0.3) is 22.3 Å². The molecule has 3 heteroatoms. The summed E-state index contributed by atoms with van der Waals surface area (Å²) in [4.78, 5) is 15.9. The van der Waals surface area contributed by atoms with Crippen LogP contribution in [-0.2, 0) is 4.74 Å². The number of carbonyl (C=O) groups excluding carboxylic acids is 1. The number of ether oxygens (including phenoxy) is 1. The third-order valence-electron chi connectivity index (χ3n) is 4.67. The average molecular weight is 329 g/mol. The molecule has 0 bridgehead atoms. The molecular weight excluding hydrogens is 310 g/mol. The molecule has 0 saturated heterocycles. The molecule has 25 heavy (non-hydrogen) atoms. The Bertz CT molecular complexity index is 894. The van der Waals surface area contributed by atoms with Gasteiger partial charge in [-0.15, -0.1) is 0 Å². The van der Waals surface area contributed by atoms with E-state index in [1.807, 2.05) is 24.5 Å². The lowest BCUT2D eigenvalue weighted by atomic mass is 9.99. The summed E-state index contributed by atoms with van der Waals surface area (Å²) >= 11 is 0. The van der Waals surface area contributed by atoms with Crippen LogP contribution >= 0.6 is 0 Å². The van der Waals surface area contributed by atoms with Crippen molar-refractivity contribution in [2.24, 2.45) is 0 Å². The van der Waals surface area contributed by atoms with Crippen molar-refractivity contribution in [3.8, 4) is 22.3 Å². The van der Waals surface area contributed by atoms with Crippen LogP contribution in [0.5, 0.6) is 0 Å². The van der Waals surface area contributed by atoms with Crippen molar-refractivity contribution in [3.05, 3.63) is 78.1 Å². The van der Waals surface area contributed by atoms with Gasteiger partial charge in [-0.1, -0.05) is 36.4 Å². The maximum absolute atomic E-state index is 11.5.